The summed E-state index contributed by atoms with van der Waals surface area (Å²) in [6.07, 6.45) is -0.540. The first-order valence-corrected chi connectivity index (χ1v) is 7.06. The fourth-order valence-electron chi connectivity index (χ4n) is 1.67. The topological polar surface area (TPSA) is 29.5 Å². The average molecular weight is 342 g/mol. The third kappa shape index (κ3) is 3.50. The van der Waals surface area contributed by atoms with Gasteiger partial charge in [0.2, 0.25) is 0 Å². The molecule has 0 saturated carbocycles. The summed E-state index contributed by atoms with van der Waals surface area (Å²) in [6.45, 7) is 3.69. The smallest absolute Gasteiger partial charge is 0.146 e. The van der Waals surface area contributed by atoms with Crippen LogP contribution in [0, 0.1) is 6.92 Å². The summed E-state index contributed by atoms with van der Waals surface area (Å²) in [6, 6.07) is 11.0. The molecule has 0 saturated heterocycles. The van der Waals surface area contributed by atoms with Gasteiger partial charge in [-0.3, -0.25) is 0 Å². The Morgan fingerprint density at radius 3 is 2.53 bits per heavy atom. The van der Waals surface area contributed by atoms with Crippen LogP contribution in [0.15, 0.2) is 40.9 Å². The zero-order chi connectivity index (χ0) is 14.0. The molecule has 19 heavy (non-hydrogen) atoms. The molecular formula is C15H14BrClO2. The van der Waals surface area contributed by atoms with Gasteiger partial charge in [-0.15, -0.1) is 0 Å². The molecule has 0 aromatic heterocycles. The van der Waals surface area contributed by atoms with Crippen molar-refractivity contribution in [2.75, 3.05) is 0 Å². The molecule has 0 radical (unpaired) electrons. The Bertz CT molecular complexity index is 597. The molecule has 0 heterocycles. The van der Waals surface area contributed by atoms with Gasteiger partial charge >= 0.3 is 0 Å². The Hall–Kier alpha value is -1.03. The van der Waals surface area contributed by atoms with Gasteiger partial charge in [-0.2, -0.15) is 0 Å². The molecule has 0 amide bonds. The molecular weight excluding hydrogens is 328 g/mol. The number of hydrogen-bond acceptors (Lipinski definition) is 2. The maximum absolute atomic E-state index is 9.49. The third-order valence-corrected chi connectivity index (χ3v) is 3.98. The Labute approximate surface area is 126 Å². The molecule has 0 aliphatic heterocycles. The number of aliphatic hydroxyl groups is 1. The van der Waals surface area contributed by atoms with Crippen LogP contribution in [0.5, 0.6) is 11.5 Å². The minimum atomic E-state index is -0.540. The molecule has 100 valence electrons. The van der Waals surface area contributed by atoms with Crippen molar-refractivity contribution < 1.29 is 9.84 Å². The lowest BCUT2D eigenvalue weighted by Crippen LogP contribution is -1.92. The number of hydrogen-bond donors (Lipinski definition) is 1. The van der Waals surface area contributed by atoms with Crippen molar-refractivity contribution in [1.82, 2.24) is 0 Å². The van der Waals surface area contributed by atoms with Gasteiger partial charge in [0, 0.05) is 4.47 Å². The summed E-state index contributed by atoms with van der Waals surface area (Å²) >= 11 is 9.59. The summed E-state index contributed by atoms with van der Waals surface area (Å²) in [5, 5.41) is 9.98. The molecule has 1 N–H and O–H groups in total. The maximum Gasteiger partial charge on any atom is 0.146 e. The van der Waals surface area contributed by atoms with Crippen LogP contribution in [-0.2, 0) is 0 Å². The molecule has 0 fully saturated rings. The van der Waals surface area contributed by atoms with E-state index in [1.54, 1.807) is 25.1 Å². The predicted molar refractivity (Wildman–Crippen MR) is 81.0 cm³/mol. The molecule has 0 aliphatic rings. The van der Waals surface area contributed by atoms with E-state index in [9.17, 15) is 5.11 Å². The van der Waals surface area contributed by atoms with Gasteiger partial charge in [0.05, 0.1) is 11.1 Å². The number of rotatable bonds is 3. The van der Waals surface area contributed by atoms with Gasteiger partial charge in [-0.25, -0.2) is 0 Å². The van der Waals surface area contributed by atoms with E-state index in [0.29, 0.717) is 10.8 Å². The van der Waals surface area contributed by atoms with E-state index in [1.807, 2.05) is 25.1 Å². The van der Waals surface area contributed by atoms with Crippen molar-refractivity contribution in [3.8, 4) is 11.5 Å². The van der Waals surface area contributed by atoms with Crippen molar-refractivity contribution >= 4 is 27.5 Å². The molecule has 1 atom stereocenters. The minimum absolute atomic E-state index is 0.485. The zero-order valence-corrected chi connectivity index (χ0v) is 13.0. The van der Waals surface area contributed by atoms with Crippen molar-refractivity contribution in [1.29, 1.82) is 0 Å². The highest BCUT2D eigenvalue weighted by molar-refractivity contribution is 9.10. The van der Waals surface area contributed by atoms with Crippen LogP contribution in [0.1, 0.15) is 24.2 Å². The van der Waals surface area contributed by atoms with E-state index in [-0.39, 0.29) is 0 Å². The highest BCUT2D eigenvalue weighted by Gasteiger charge is 2.08. The first kappa shape index (κ1) is 14.4. The Morgan fingerprint density at radius 2 is 1.95 bits per heavy atom. The van der Waals surface area contributed by atoms with Crippen LogP contribution in [0.25, 0.3) is 0 Å². The minimum Gasteiger partial charge on any atom is -0.456 e. The van der Waals surface area contributed by atoms with Gasteiger partial charge in [-0.1, -0.05) is 33.6 Å². The summed E-state index contributed by atoms with van der Waals surface area (Å²) < 4.78 is 6.78. The number of aryl methyl sites for hydroxylation is 1. The van der Waals surface area contributed by atoms with E-state index < -0.39 is 6.10 Å². The maximum atomic E-state index is 9.49. The Balaban J connectivity index is 2.25. The van der Waals surface area contributed by atoms with Crippen LogP contribution in [0.3, 0.4) is 0 Å². The molecule has 2 nitrogen and oxygen atoms in total. The van der Waals surface area contributed by atoms with Crippen molar-refractivity contribution in [2.24, 2.45) is 0 Å². The second-order valence-corrected chi connectivity index (χ2v) is 5.64. The third-order valence-electron chi connectivity index (χ3n) is 2.80. The van der Waals surface area contributed by atoms with Gasteiger partial charge in [0.1, 0.15) is 11.5 Å². The van der Waals surface area contributed by atoms with Crippen LogP contribution >= 0.6 is 27.5 Å². The largest absolute Gasteiger partial charge is 0.456 e. The van der Waals surface area contributed by atoms with E-state index >= 15 is 0 Å². The van der Waals surface area contributed by atoms with Crippen molar-refractivity contribution in [2.45, 2.75) is 20.0 Å². The number of ether oxygens (including phenoxy) is 1. The lowest BCUT2D eigenvalue weighted by atomic mass is 10.1. The zero-order valence-electron chi connectivity index (χ0n) is 10.7. The number of halogens is 2. The van der Waals surface area contributed by atoms with E-state index in [1.165, 1.54) is 0 Å². The molecule has 0 bridgehead atoms. The molecule has 2 aromatic carbocycles. The van der Waals surface area contributed by atoms with Gasteiger partial charge < -0.3 is 9.84 Å². The van der Waals surface area contributed by atoms with Crippen molar-refractivity contribution in [3.05, 3.63) is 57.0 Å². The normalized spacial score (nSPS) is 12.3. The lowest BCUT2D eigenvalue weighted by molar-refractivity contribution is 0.199. The first-order valence-electron chi connectivity index (χ1n) is 5.89. The second kappa shape index (κ2) is 5.95. The quantitative estimate of drug-likeness (QED) is 0.825. The van der Waals surface area contributed by atoms with Crippen LogP contribution < -0.4 is 4.74 Å². The highest BCUT2D eigenvalue weighted by Crippen LogP contribution is 2.32. The van der Waals surface area contributed by atoms with E-state index in [2.05, 4.69) is 15.9 Å². The standard InChI is InChI=1S/C15H14BrClO2/c1-9-7-12(4-5-13(9)16)19-15-6-3-11(10(2)18)8-14(15)17/h3-8,10,18H,1-2H3. The average Bonchev–Trinajstić information content (AvgIpc) is 2.36. The van der Waals surface area contributed by atoms with Gasteiger partial charge in [-0.05, 0) is 55.3 Å². The molecule has 1 unspecified atom stereocenters. The predicted octanol–water partition coefficient (Wildman–Crippen LogP) is 5.26. The van der Waals surface area contributed by atoms with Crippen LogP contribution in [-0.4, -0.2) is 5.11 Å². The number of aliphatic hydroxyl groups excluding tert-OH is 1. The molecule has 0 aliphatic carbocycles. The lowest BCUT2D eigenvalue weighted by Gasteiger charge is -2.11. The monoisotopic (exact) mass is 340 g/mol. The molecule has 0 spiro atoms. The van der Waals surface area contributed by atoms with E-state index in [4.69, 9.17) is 16.3 Å². The highest BCUT2D eigenvalue weighted by atomic mass is 79.9. The molecule has 4 heteroatoms. The molecule has 2 rings (SSSR count). The van der Waals surface area contributed by atoms with Gasteiger partial charge in [0.15, 0.2) is 0 Å². The summed E-state index contributed by atoms with van der Waals surface area (Å²) in [4.78, 5) is 0. The fourth-order valence-corrected chi connectivity index (χ4v) is 2.14. The summed E-state index contributed by atoms with van der Waals surface area (Å²) in [5.41, 5.74) is 1.86. The summed E-state index contributed by atoms with van der Waals surface area (Å²) in [7, 11) is 0. The van der Waals surface area contributed by atoms with E-state index in [0.717, 1.165) is 21.3 Å². The second-order valence-electron chi connectivity index (χ2n) is 4.38. The molecule has 2 aromatic rings. The Morgan fingerprint density at radius 1 is 1.21 bits per heavy atom. The SMILES string of the molecule is Cc1cc(Oc2ccc(C(C)O)cc2Cl)ccc1Br. The fraction of sp³-hybridized carbons (Fsp3) is 0.200. The summed E-state index contributed by atoms with van der Waals surface area (Å²) in [5.74, 6) is 1.31. The van der Waals surface area contributed by atoms with Crippen LogP contribution in [0.4, 0.5) is 0 Å². The van der Waals surface area contributed by atoms with Crippen LogP contribution in [0.2, 0.25) is 5.02 Å². The van der Waals surface area contributed by atoms with Crippen molar-refractivity contribution in [3.63, 3.8) is 0 Å². The Kier molecular flexibility index (Phi) is 4.50. The van der Waals surface area contributed by atoms with Gasteiger partial charge in [0.25, 0.3) is 0 Å². The number of benzene rings is 2. The first-order chi connectivity index (χ1) is 8.97.